The van der Waals surface area contributed by atoms with E-state index in [1.807, 2.05) is 6.20 Å². The Bertz CT molecular complexity index is 1070. The fraction of sp³-hybridized carbons (Fsp3) is 0.581. The number of aromatic nitrogens is 1. The summed E-state index contributed by atoms with van der Waals surface area (Å²) in [5, 5.41) is 9.79. The molecule has 206 valence electrons. The van der Waals surface area contributed by atoms with Gasteiger partial charge in [-0.1, -0.05) is 49.8 Å². The molecule has 1 aromatic carbocycles. The molecule has 0 bridgehead atoms. The molecule has 7 heteroatoms. The zero-order chi connectivity index (χ0) is 26.8. The summed E-state index contributed by atoms with van der Waals surface area (Å²) >= 11 is 0. The number of halogens is 3. The maximum Gasteiger partial charge on any atom is 0.395 e. The number of aliphatic hydroxyl groups is 1. The normalized spacial score (nSPS) is 22.7. The van der Waals surface area contributed by atoms with Crippen LogP contribution in [0.1, 0.15) is 62.6 Å². The zero-order valence-electron chi connectivity index (χ0n) is 22.2. The van der Waals surface area contributed by atoms with Crippen LogP contribution in [0.25, 0.3) is 16.8 Å². The van der Waals surface area contributed by atoms with Crippen molar-refractivity contribution in [3.8, 4) is 11.1 Å². The van der Waals surface area contributed by atoms with Gasteiger partial charge in [0.25, 0.3) is 0 Å². The zero-order valence-corrected chi connectivity index (χ0v) is 22.2. The maximum absolute atomic E-state index is 13.8. The van der Waals surface area contributed by atoms with Crippen molar-refractivity contribution >= 4 is 5.70 Å². The number of piperidine rings is 1. The molecule has 3 aliphatic rings. The van der Waals surface area contributed by atoms with Crippen molar-refractivity contribution in [1.29, 1.82) is 0 Å². The Morgan fingerprint density at radius 3 is 2.24 bits per heavy atom. The second-order valence-corrected chi connectivity index (χ2v) is 11.7. The van der Waals surface area contributed by atoms with Crippen LogP contribution >= 0.6 is 0 Å². The molecule has 0 spiro atoms. The minimum absolute atomic E-state index is 0.183. The number of hydrogen-bond donors (Lipinski definition) is 1. The van der Waals surface area contributed by atoms with Crippen molar-refractivity contribution in [3.05, 3.63) is 60.4 Å². The summed E-state index contributed by atoms with van der Waals surface area (Å²) in [6, 6.07) is 12.5. The van der Waals surface area contributed by atoms with Gasteiger partial charge in [-0.15, -0.1) is 0 Å². The molecule has 1 unspecified atom stereocenters. The number of likely N-dealkylation sites (tertiary alicyclic amines) is 2. The molecule has 1 aliphatic carbocycles. The second-order valence-electron chi connectivity index (χ2n) is 11.7. The first-order valence-electron chi connectivity index (χ1n) is 14.2. The van der Waals surface area contributed by atoms with E-state index in [1.165, 1.54) is 0 Å². The van der Waals surface area contributed by atoms with Crippen LogP contribution in [0.2, 0.25) is 0 Å². The number of β-amino-alcohol motifs (C(OH)–C–C–N with tert-alkyl or cyclic N) is 1. The van der Waals surface area contributed by atoms with E-state index >= 15 is 0 Å². The summed E-state index contributed by atoms with van der Waals surface area (Å²) in [5.74, 6) is 0.551. The minimum Gasteiger partial charge on any atom is -0.391 e. The molecule has 38 heavy (non-hydrogen) atoms. The van der Waals surface area contributed by atoms with E-state index in [2.05, 4.69) is 52.8 Å². The van der Waals surface area contributed by atoms with Crippen molar-refractivity contribution in [3.63, 3.8) is 0 Å². The Labute approximate surface area is 224 Å². The van der Waals surface area contributed by atoms with E-state index in [-0.39, 0.29) is 12.6 Å². The van der Waals surface area contributed by atoms with Gasteiger partial charge >= 0.3 is 6.18 Å². The first-order valence-corrected chi connectivity index (χ1v) is 14.2. The average Bonchev–Trinajstić information content (AvgIpc) is 3.58. The number of nitrogens with zero attached hydrogens (tertiary/aromatic N) is 3. The van der Waals surface area contributed by atoms with Crippen LogP contribution in [0, 0.1) is 11.3 Å². The first kappa shape index (κ1) is 27.2. The van der Waals surface area contributed by atoms with Crippen molar-refractivity contribution in [2.24, 2.45) is 11.3 Å². The number of rotatable bonds is 8. The van der Waals surface area contributed by atoms with E-state index in [0.29, 0.717) is 38.1 Å². The molecule has 1 aromatic heterocycles. The number of benzene rings is 1. The average molecular weight is 528 g/mol. The van der Waals surface area contributed by atoms with Crippen molar-refractivity contribution in [2.45, 2.75) is 70.1 Å². The monoisotopic (exact) mass is 527 g/mol. The summed E-state index contributed by atoms with van der Waals surface area (Å²) in [5.41, 5.74) is 3.78. The van der Waals surface area contributed by atoms with E-state index < -0.39 is 11.6 Å². The van der Waals surface area contributed by atoms with Gasteiger partial charge in [0.15, 0.2) is 0 Å². The summed E-state index contributed by atoms with van der Waals surface area (Å²) in [6.07, 6.45) is 4.23. The molecule has 3 fully saturated rings. The van der Waals surface area contributed by atoms with E-state index in [9.17, 15) is 18.3 Å². The summed E-state index contributed by atoms with van der Waals surface area (Å²) < 4.78 is 41.3. The lowest BCUT2D eigenvalue weighted by molar-refractivity contribution is -0.228. The topological polar surface area (TPSA) is 39.6 Å². The Balaban J connectivity index is 1.08. The highest BCUT2D eigenvalue weighted by atomic mass is 19.4. The third-order valence-electron chi connectivity index (χ3n) is 9.13. The van der Waals surface area contributed by atoms with Gasteiger partial charge < -0.3 is 14.9 Å². The van der Waals surface area contributed by atoms with Crippen LogP contribution in [-0.4, -0.2) is 64.9 Å². The number of pyridine rings is 1. The highest BCUT2D eigenvalue weighted by molar-refractivity contribution is 5.68. The van der Waals surface area contributed by atoms with Gasteiger partial charge in [-0.05, 0) is 81.1 Å². The van der Waals surface area contributed by atoms with Crippen LogP contribution in [0.3, 0.4) is 0 Å². The number of aliphatic hydroxyl groups excluding tert-OH is 1. The maximum atomic E-state index is 13.8. The molecule has 1 atom stereocenters. The van der Waals surface area contributed by atoms with Gasteiger partial charge in [-0.25, -0.2) is 0 Å². The van der Waals surface area contributed by atoms with Gasteiger partial charge in [-0.3, -0.25) is 4.98 Å². The van der Waals surface area contributed by atoms with Crippen LogP contribution < -0.4 is 0 Å². The number of hydrogen-bond acceptors (Lipinski definition) is 4. The second kappa shape index (κ2) is 11.4. The quantitative estimate of drug-likeness (QED) is 0.422. The minimum atomic E-state index is -4.09. The Kier molecular flexibility index (Phi) is 8.15. The predicted octanol–water partition coefficient (Wildman–Crippen LogP) is 6.55. The summed E-state index contributed by atoms with van der Waals surface area (Å²) in [6.45, 7) is 7.42. The Hall–Kier alpha value is -2.38. The van der Waals surface area contributed by atoms with E-state index in [0.717, 1.165) is 79.8 Å². The Morgan fingerprint density at radius 1 is 0.974 bits per heavy atom. The SMILES string of the molecule is C=C(c1ccc(-c2ccc(CCC3CCN(CC4(C(F)(F)F)CCCC4)CC3)nc2)cc1)N1CCC(O)C1. The predicted molar refractivity (Wildman–Crippen MR) is 145 cm³/mol. The first-order chi connectivity index (χ1) is 18.2. The standard InChI is InChI=1S/C31H40F3N3O/c1-23(37-19-14-29(38)21-37)25-5-7-26(8-6-25)27-9-11-28(35-20-27)10-4-24-12-17-36(18-13-24)22-30(31(32,33)34)15-2-3-16-30/h5-9,11,20,24,29,38H,1-4,10,12-19,21-22H2. The lowest BCUT2D eigenvalue weighted by Crippen LogP contribution is -2.48. The van der Waals surface area contributed by atoms with Crippen LogP contribution in [0.5, 0.6) is 0 Å². The molecule has 0 radical (unpaired) electrons. The Morgan fingerprint density at radius 2 is 1.66 bits per heavy atom. The fourth-order valence-electron chi connectivity index (χ4n) is 6.56. The molecular formula is C31H40F3N3O. The van der Waals surface area contributed by atoms with E-state index in [1.54, 1.807) is 0 Å². The van der Waals surface area contributed by atoms with Crippen LogP contribution in [0.15, 0.2) is 49.2 Å². The van der Waals surface area contributed by atoms with Crippen molar-refractivity contribution in [1.82, 2.24) is 14.8 Å². The van der Waals surface area contributed by atoms with Crippen molar-refractivity contribution < 1.29 is 18.3 Å². The molecule has 1 N–H and O–H groups in total. The molecule has 2 aliphatic heterocycles. The third kappa shape index (κ3) is 6.09. The fourth-order valence-corrected chi connectivity index (χ4v) is 6.56. The van der Waals surface area contributed by atoms with E-state index in [4.69, 9.17) is 4.98 Å². The number of aryl methyl sites for hydroxylation is 1. The smallest absolute Gasteiger partial charge is 0.391 e. The van der Waals surface area contributed by atoms with Gasteiger partial charge in [-0.2, -0.15) is 13.2 Å². The van der Waals surface area contributed by atoms with Gasteiger partial charge in [0.2, 0.25) is 0 Å². The molecule has 2 saturated heterocycles. The molecule has 0 amide bonds. The van der Waals surface area contributed by atoms with Gasteiger partial charge in [0.05, 0.1) is 11.5 Å². The van der Waals surface area contributed by atoms with Gasteiger partial charge in [0.1, 0.15) is 0 Å². The van der Waals surface area contributed by atoms with Crippen LogP contribution in [-0.2, 0) is 6.42 Å². The number of alkyl halides is 3. The molecule has 3 heterocycles. The largest absolute Gasteiger partial charge is 0.395 e. The lowest BCUT2D eigenvalue weighted by atomic mass is 9.83. The molecule has 1 saturated carbocycles. The molecule has 4 nitrogen and oxygen atoms in total. The summed E-state index contributed by atoms with van der Waals surface area (Å²) in [4.78, 5) is 8.90. The lowest BCUT2D eigenvalue weighted by Gasteiger charge is -2.40. The van der Waals surface area contributed by atoms with Gasteiger partial charge in [0, 0.05) is 42.8 Å². The summed E-state index contributed by atoms with van der Waals surface area (Å²) in [7, 11) is 0. The highest BCUT2D eigenvalue weighted by Crippen LogP contribution is 2.51. The highest BCUT2D eigenvalue weighted by Gasteiger charge is 2.56. The van der Waals surface area contributed by atoms with Crippen LogP contribution in [0.4, 0.5) is 13.2 Å². The van der Waals surface area contributed by atoms with Crippen molar-refractivity contribution in [2.75, 3.05) is 32.7 Å². The molecular weight excluding hydrogens is 487 g/mol. The molecule has 2 aromatic rings. The molecule has 5 rings (SSSR count). The third-order valence-corrected chi connectivity index (χ3v) is 9.13.